The predicted molar refractivity (Wildman–Crippen MR) is 83.6 cm³/mol. The van der Waals surface area contributed by atoms with E-state index in [1.54, 1.807) is 15.9 Å². The molecular weight excluding hydrogens is 268 g/mol. The van der Waals surface area contributed by atoms with E-state index in [1.807, 2.05) is 51.1 Å². The van der Waals surface area contributed by atoms with E-state index < -0.39 is 0 Å². The molecule has 0 radical (unpaired) electrons. The van der Waals surface area contributed by atoms with Crippen molar-refractivity contribution >= 4 is 21.6 Å². The summed E-state index contributed by atoms with van der Waals surface area (Å²) in [7, 11) is 0. The average molecular weight is 284 g/mol. The van der Waals surface area contributed by atoms with Gasteiger partial charge in [-0.25, -0.2) is 4.98 Å². The van der Waals surface area contributed by atoms with E-state index in [1.165, 1.54) is 4.88 Å². The van der Waals surface area contributed by atoms with Crippen LogP contribution in [0.4, 0.5) is 0 Å². The molecule has 4 heteroatoms. The zero-order valence-corrected chi connectivity index (χ0v) is 12.6. The number of hydrogen-bond donors (Lipinski definition) is 0. The Morgan fingerprint density at radius 1 is 1.15 bits per heavy atom. The maximum absolute atomic E-state index is 12.7. The number of benzene rings is 1. The van der Waals surface area contributed by atoms with Crippen LogP contribution >= 0.6 is 11.3 Å². The van der Waals surface area contributed by atoms with E-state index in [4.69, 9.17) is 0 Å². The fourth-order valence-electron chi connectivity index (χ4n) is 2.38. The van der Waals surface area contributed by atoms with Crippen LogP contribution in [0.2, 0.25) is 0 Å². The van der Waals surface area contributed by atoms with Crippen molar-refractivity contribution in [1.29, 1.82) is 0 Å². The molecule has 0 N–H and O–H groups in total. The third-order valence-electron chi connectivity index (χ3n) is 3.66. The number of aromatic nitrogens is 2. The second-order valence-corrected chi connectivity index (χ2v) is 6.20. The van der Waals surface area contributed by atoms with Gasteiger partial charge < -0.3 is 0 Å². The smallest absolute Gasteiger partial charge is 0.262 e. The Morgan fingerprint density at radius 2 is 1.85 bits per heavy atom. The molecule has 0 atom stereocenters. The molecule has 20 heavy (non-hydrogen) atoms. The van der Waals surface area contributed by atoms with E-state index in [0.29, 0.717) is 6.54 Å². The Labute approximate surface area is 121 Å². The third kappa shape index (κ3) is 2.06. The summed E-state index contributed by atoms with van der Waals surface area (Å²) in [5.41, 5.74) is 2.24. The maximum atomic E-state index is 12.7. The molecule has 0 saturated heterocycles. The largest absolute Gasteiger partial charge is 0.292 e. The molecule has 2 aromatic heterocycles. The van der Waals surface area contributed by atoms with Gasteiger partial charge >= 0.3 is 0 Å². The van der Waals surface area contributed by atoms with Gasteiger partial charge in [0.1, 0.15) is 10.7 Å². The van der Waals surface area contributed by atoms with Crippen LogP contribution in [0, 0.1) is 20.8 Å². The van der Waals surface area contributed by atoms with Crippen molar-refractivity contribution < 1.29 is 0 Å². The van der Waals surface area contributed by atoms with Crippen LogP contribution in [0.1, 0.15) is 21.8 Å². The van der Waals surface area contributed by atoms with Gasteiger partial charge in [-0.2, -0.15) is 0 Å². The lowest BCUT2D eigenvalue weighted by molar-refractivity contribution is 0.713. The summed E-state index contributed by atoms with van der Waals surface area (Å²) >= 11 is 1.60. The molecule has 0 fully saturated rings. The first-order chi connectivity index (χ1) is 9.58. The average Bonchev–Trinajstić information content (AvgIpc) is 2.71. The molecular formula is C16H16N2OS. The van der Waals surface area contributed by atoms with Crippen molar-refractivity contribution in [2.24, 2.45) is 0 Å². The van der Waals surface area contributed by atoms with Gasteiger partial charge in [0, 0.05) is 4.88 Å². The molecule has 0 unspecified atom stereocenters. The molecule has 0 spiro atoms. The topological polar surface area (TPSA) is 34.9 Å². The molecule has 2 heterocycles. The molecule has 3 aromatic rings. The van der Waals surface area contributed by atoms with Crippen molar-refractivity contribution in [1.82, 2.24) is 9.55 Å². The zero-order chi connectivity index (χ0) is 14.3. The third-order valence-corrected chi connectivity index (χ3v) is 4.76. The predicted octanol–water partition coefficient (Wildman–Crippen LogP) is 3.43. The van der Waals surface area contributed by atoms with Crippen LogP contribution in [-0.4, -0.2) is 9.55 Å². The van der Waals surface area contributed by atoms with E-state index >= 15 is 0 Å². The highest BCUT2D eigenvalue weighted by Gasteiger charge is 2.14. The van der Waals surface area contributed by atoms with Crippen LogP contribution in [0.3, 0.4) is 0 Å². The van der Waals surface area contributed by atoms with Gasteiger partial charge in [0.05, 0.1) is 11.9 Å². The molecule has 0 aliphatic heterocycles. The second kappa shape index (κ2) is 4.87. The Balaban J connectivity index is 2.21. The molecule has 0 amide bonds. The highest BCUT2D eigenvalue weighted by atomic mass is 32.1. The van der Waals surface area contributed by atoms with Crippen molar-refractivity contribution in [3.05, 3.63) is 62.5 Å². The molecule has 3 rings (SSSR count). The molecule has 102 valence electrons. The number of hydrogen-bond acceptors (Lipinski definition) is 3. The summed E-state index contributed by atoms with van der Waals surface area (Å²) in [5.74, 6) is 0.771. The highest BCUT2D eigenvalue weighted by molar-refractivity contribution is 7.18. The molecule has 0 bridgehead atoms. The van der Waals surface area contributed by atoms with Gasteiger partial charge in [-0.3, -0.25) is 9.36 Å². The summed E-state index contributed by atoms with van der Waals surface area (Å²) in [5, 5.41) is 0.772. The minimum absolute atomic E-state index is 0.0678. The first kappa shape index (κ1) is 13.1. The highest BCUT2D eigenvalue weighted by Crippen LogP contribution is 2.26. The van der Waals surface area contributed by atoms with Crippen LogP contribution in [0.25, 0.3) is 10.2 Å². The standard InChI is InChI=1S/C16H16N2OS/c1-10-11(2)20-15-14(10)16(19)18(12(3)17-15)9-13-7-5-4-6-8-13/h4-8H,9H2,1-3H3. The van der Waals surface area contributed by atoms with E-state index in [9.17, 15) is 4.79 Å². The zero-order valence-electron chi connectivity index (χ0n) is 11.8. The van der Waals surface area contributed by atoms with Gasteiger partial charge in [0.15, 0.2) is 0 Å². The lowest BCUT2D eigenvalue weighted by Gasteiger charge is -2.09. The van der Waals surface area contributed by atoms with Gasteiger partial charge in [0.25, 0.3) is 5.56 Å². The molecule has 3 nitrogen and oxygen atoms in total. The Bertz CT molecular complexity index is 831. The number of rotatable bonds is 2. The summed E-state index contributed by atoms with van der Waals surface area (Å²) in [6.07, 6.45) is 0. The fraction of sp³-hybridized carbons (Fsp3) is 0.250. The summed E-state index contributed by atoms with van der Waals surface area (Å²) in [6.45, 7) is 6.51. The van der Waals surface area contributed by atoms with Crippen LogP contribution in [0.5, 0.6) is 0 Å². The van der Waals surface area contributed by atoms with E-state index in [-0.39, 0.29) is 5.56 Å². The summed E-state index contributed by atoms with van der Waals surface area (Å²) < 4.78 is 1.76. The maximum Gasteiger partial charge on any atom is 0.262 e. The molecule has 0 saturated carbocycles. The van der Waals surface area contributed by atoms with Crippen LogP contribution in [0.15, 0.2) is 35.1 Å². The van der Waals surface area contributed by atoms with Crippen LogP contribution in [-0.2, 0) is 6.54 Å². The lowest BCUT2D eigenvalue weighted by Crippen LogP contribution is -2.24. The first-order valence-electron chi connectivity index (χ1n) is 6.59. The number of aryl methyl sites for hydroxylation is 3. The van der Waals surface area contributed by atoms with Gasteiger partial charge in [-0.1, -0.05) is 30.3 Å². The second-order valence-electron chi connectivity index (χ2n) is 5.00. The number of nitrogens with zero attached hydrogens (tertiary/aromatic N) is 2. The SMILES string of the molecule is Cc1sc2nc(C)n(Cc3ccccc3)c(=O)c2c1C. The Hall–Kier alpha value is -1.94. The summed E-state index contributed by atoms with van der Waals surface area (Å²) in [6, 6.07) is 10.0. The Kier molecular flexibility index (Phi) is 3.18. The first-order valence-corrected chi connectivity index (χ1v) is 7.40. The lowest BCUT2D eigenvalue weighted by atomic mass is 10.2. The van der Waals surface area contributed by atoms with Crippen molar-refractivity contribution in [3.8, 4) is 0 Å². The minimum Gasteiger partial charge on any atom is -0.292 e. The van der Waals surface area contributed by atoms with Crippen molar-refractivity contribution in [2.75, 3.05) is 0 Å². The van der Waals surface area contributed by atoms with E-state index in [0.717, 1.165) is 27.2 Å². The molecule has 1 aromatic carbocycles. The van der Waals surface area contributed by atoms with Gasteiger partial charge in [-0.05, 0) is 31.9 Å². The fourth-order valence-corrected chi connectivity index (χ4v) is 3.45. The van der Waals surface area contributed by atoms with Crippen molar-refractivity contribution in [2.45, 2.75) is 27.3 Å². The summed E-state index contributed by atoms with van der Waals surface area (Å²) in [4.78, 5) is 19.3. The number of thiophene rings is 1. The normalized spacial score (nSPS) is 11.2. The van der Waals surface area contributed by atoms with E-state index in [2.05, 4.69) is 4.98 Å². The monoisotopic (exact) mass is 284 g/mol. The molecule has 0 aliphatic carbocycles. The number of fused-ring (bicyclic) bond motifs is 1. The quantitative estimate of drug-likeness (QED) is 0.722. The molecule has 0 aliphatic rings. The van der Waals surface area contributed by atoms with Crippen LogP contribution < -0.4 is 5.56 Å². The van der Waals surface area contributed by atoms with Gasteiger partial charge in [-0.15, -0.1) is 11.3 Å². The van der Waals surface area contributed by atoms with Gasteiger partial charge in [0.2, 0.25) is 0 Å². The Morgan fingerprint density at radius 3 is 2.55 bits per heavy atom. The minimum atomic E-state index is 0.0678. The van der Waals surface area contributed by atoms with Crippen molar-refractivity contribution in [3.63, 3.8) is 0 Å².